The van der Waals surface area contributed by atoms with Crippen LogP contribution in [0.3, 0.4) is 0 Å². The molecule has 0 bridgehead atoms. The Kier molecular flexibility index (Phi) is 6.42. The maximum absolute atomic E-state index is 11.8. The third-order valence-electron chi connectivity index (χ3n) is 4.41. The molecule has 0 aromatic carbocycles. The molecule has 1 heterocycles. The smallest absolute Gasteiger partial charge is 0.314 e. The fraction of sp³-hybridized carbons (Fsp3) is 0.857. The van der Waals surface area contributed by atoms with Crippen molar-refractivity contribution in [3.05, 3.63) is 0 Å². The number of amides is 2. The van der Waals surface area contributed by atoms with Crippen molar-refractivity contribution in [2.75, 3.05) is 46.8 Å². The average molecular weight is 300 g/mol. The van der Waals surface area contributed by atoms with Gasteiger partial charge in [0, 0.05) is 38.8 Å². The van der Waals surface area contributed by atoms with Gasteiger partial charge in [-0.25, -0.2) is 4.79 Å². The van der Waals surface area contributed by atoms with E-state index in [1.165, 1.54) is 0 Å². The highest BCUT2D eigenvalue weighted by Gasteiger charge is 2.31. The second kappa shape index (κ2) is 7.61. The summed E-state index contributed by atoms with van der Waals surface area (Å²) in [5, 5.41) is 14.6. The van der Waals surface area contributed by atoms with E-state index in [2.05, 4.69) is 34.5 Å². The summed E-state index contributed by atoms with van der Waals surface area (Å²) >= 11 is 0. The Hall–Kier alpha value is -1.34. The largest absolute Gasteiger partial charge is 0.481 e. The number of carbonyl (C=O) groups excluding carboxylic acids is 1. The van der Waals surface area contributed by atoms with E-state index in [1.54, 1.807) is 13.8 Å². The maximum atomic E-state index is 11.8. The van der Waals surface area contributed by atoms with E-state index < -0.39 is 11.4 Å². The van der Waals surface area contributed by atoms with E-state index in [-0.39, 0.29) is 18.6 Å². The molecule has 0 radical (unpaired) electrons. The normalized spacial score (nSPS) is 23.3. The zero-order chi connectivity index (χ0) is 16.0. The molecule has 1 aliphatic rings. The van der Waals surface area contributed by atoms with Crippen molar-refractivity contribution in [2.24, 2.45) is 5.41 Å². The number of nitrogens with one attached hydrogen (secondary N) is 2. The van der Waals surface area contributed by atoms with Gasteiger partial charge in [0.15, 0.2) is 0 Å². The molecule has 0 aromatic heterocycles. The van der Waals surface area contributed by atoms with Crippen molar-refractivity contribution in [3.63, 3.8) is 0 Å². The van der Waals surface area contributed by atoms with E-state index in [0.29, 0.717) is 13.0 Å². The number of aliphatic carboxylic acids is 1. The van der Waals surface area contributed by atoms with Crippen molar-refractivity contribution >= 4 is 12.0 Å². The molecule has 0 aliphatic carbocycles. The Morgan fingerprint density at radius 3 is 2.52 bits per heavy atom. The molecule has 2 unspecified atom stereocenters. The van der Waals surface area contributed by atoms with Crippen molar-refractivity contribution in [1.29, 1.82) is 0 Å². The molecular weight excluding hydrogens is 272 g/mol. The molecule has 3 N–H and O–H groups in total. The predicted octanol–water partition coefficient (Wildman–Crippen LogP) is 0.0323. The number of rotatable bonds is 6. The molecule has 7 heteroatoms. The van der Waals surface area contributed by atoms with Gasteiger partial charge in [0.2, 0.25) is 0 Å². The topological polar surface area (TPSA) is 84.9 Å². The first-order valence-corrected chi connectivity index (χ1v) is 7.42. The third-order valence-corrected chi connectivity index (χ3v) is 4.41. The maximum Gasteiger partial charge on any atom is 0.314 e. The number of carboxylic acids is 1. The monoisotopic (exact) mass is 300 g/mol. The number of hydrogen-bond donors (Lipinski definition) is 3. The predicted molar refractivity (Wildman–Crippen MR) is 81.4 cm³/mol. The van der Waals surface area contributed by atoms with Gasteiger partial charge in [0.05, 0.1) is 5.41 Å². The number of urea groups is 1. The van der Waals surface area contributed by atoms with E-state index in [4.69, 9.17) is 5.11 Å². The lowest BCUT2D eigenvalue weighted by Gasteiger charge is -2.37. The summed E-state index contributed by atoms with van der Waals surface area (Å²) in [6.07, 6.45) is 0.471. The molecular formula is C14H28N4O3. The summed E-state index contributed by atoms with van der Waals surface area (Å²) in [7, 11) is 4.12. The highest BCUT2D eigenvalue weighted by atomic mass is 16.4. The van der Waals surface area contributed by atoms with Crippen LogP contribution in [0, 0.1) is 5.41 Å². The summed E-state index contributed by atoms with van der Waals surface area (Å²) in [5.74, 6) is -0.890. The lowest BCUT2D eigenvalue weighted by atomic mass is 9.88. The number of hydrogen-bond acceptors (Lipinski definition) is 4. The minimum absolute atomic E-state index is 0.130. The Balaban J connectivity index is 2.35. The van der Waals surface area contributed by atoms with Crippen LogP contribution >= 0.6 is 0 Å². The Labute approximate surface area is 126 Å². The van der Waals surface area contributed by atoms with Gasteiger partial charge in [-0.2, -0.15) is 0 Å². The van der Waals surface area contributed by atoms with E-state index in [1.807, 2.05) is 0 Å². The standard InChI is InChI=1S/C14H28N4O3/c1-5-14(2,12(19)20)10-16-13(21)15-8-11-9-17(3)6-7-18(11)4/h11H,5-10H2,1-4H3,(H,19,20)(H2,15,16,21). The summed E-state index contributed by atoms with van der Waals surface area (Å²) in [6, 6.07) is -0.0240. The van der Waals surface area contributed by atoms with Gasteiger partial charge in [0.1, 0.15) is 0 Å². The first-order chi connectivity index (χ1) is 9.78. The Bertz CT molecular complexity index is 377. The minimum atomic E-state index is -0.917. The first-order valence-electron chi connectivity index (χ1n) is 7.42. The molecule has 7 nitrogen and oxygen atoms in total. The lowest BCUT2D eigenvalue weighted by molar-refractivity contribution is -0.147. The molecule has 122 valence electrons. The van der Waals surface area contributed by atoms with Gasteiger partial charge < -0.3 is 20.6 Å². The molecule has 1 rings (SSSR count). The molecule has 1 aliphatic heterocycles. The highest BCUT2D eigenvalue weighted by Crippen LogP contribution is 2.19. The second-order valence-electron chi connectivity index (χ2n) is 6.18. The van der Waals surface area contributed by atoms with E-state index in [9.17, 15) is 9.59 Å². The van der Waals surface area contributed by atoms with Crippen LogP contribution in [0.2, 0.25) is 0 Å². The fourth-order valence-corrected chi connectivity index (χ4v) is 2.22. The van der Waals surface area contributed by atoms with Gasteiger partial charge in [-0.15, -0.1) is 0 Å². The zero-order valence-electron chi connectivity index (χ0n) is 13.5. The number of carboxylic acid groups (broad SMARTS) is 1. The van der Waals surface area contributed by atoms with Gasteiger partial charge in [-0.1, -0.05) is 6.92 Å². The van der Waals surface area contributed by atoms with Gasteiger partial charge in [-0.05, 0) is 27.4 Å². The summed E-state index contributed by atoms with van der Waals surface area (Å²) in [5.41, 5.74) is -0.917. The molecule has 0 aromatic rings. The molecule has 2 atom stereocenters. The SMILES string of the molecule is CCC(C)(CNC(=O)NCC1CN(C)CCN1C)C(=O)O. The molecule has 21 heavy (non-hydrogen) atoms. The molecule has 2 amide bonds. The van der Waals surface area contributed by atoms with Gasteiger partial charge in [0.25, 0.3) is 0 Å². The van der Waals surface area contributed by atoms with Crippen LogP contribution in [0.25, 0.3) is 0 Å². The molecule has 1 fully saturated rings. The Morgan fingerprint density at radius 1 is 1.29 bits per heavy atom. The van der Waals surface area contributed by atoms with Crippen LogP contribution < -0.4 is 10.6 Å². The molecule has 0 spiro atoms. The summed E-state index contributed by atoms with van der Waals surface area (Å²) < 4.78 is 0. The van der Waals surface area contributed by atoms with Crippen molar-refractivity contribution < 1.29 is 14.7 Å². The van der Waals surface area contributed by atoms with Crippen LogP contribution in [0.4, 0.5) is 4.79 Å². The van der Waals surface area contributed by atoms with Crippen LogP contribution in [0.15, 0.2) is 0 Å². The van der Waals surface area contributed by atoms with Crippen LogP contribution in [-0.4, -0.2) is 79.8 Å². The summed E-state index contributed by atoms with van der Waals surface area (Å²) in [6.45, 7) is 7.07. The van der Waals surface area contributed by atoms with Crippen molar-refractivity contribution in [2.45, 2.75) is 26.3 Å². The van der Waals surface area contributed by atoms with E-state index >= 15 is 0 Å². The number of carbonyl (C=O) groups is 2. The van der Waals surface area contributed by atoms with Crippen LogP contribution in [0.5, 0.6) is 0 Å². The molecule has 0 saturated carbocycles. The fourth-order valence-electron chi connectivity index (χ4n) is 2.22. The highest BCUT2D eigenvalue weighted by molar-refractivity contribution is 5.77. The second-order valence-corrected chi connectivity index (χ2v) is 6.18. The van der Waals surface area contributed by atoms with Crippen molar-refractivity contribution in [3.8, 4) is 0 Å². The third kappa shape index (κ3) is 5.17. The van der Waals surface area contributed by atoms with Crippen molar-refractivity contribution in [1.82, 2.24) is 20.4 Å². The average Bonchev–Trinajstić information content (AvgIpc) is 2.45. The van der Waals surface area contributed by atoms with Crippen LogP contribution in [-0.2, 0) is 4.79 Å². The Morgan fingerprint density at radius 2 is 1.95 bits per heavy atom. The number of likely N-dealkylation sites (N-methyl/N-ethyl adjacent to an activating group) is 2. The van der Waals surface area contributed by atoms with Gasteiger partial charge in [-0.3, -0.25) is 9.69 Å². The number of nitrogens with zero attached hydrogens (tertiary/aromatic N) is 2. The quantitative estimate of drug-likeness (QED) is 0.644. The lowest BCUT2D eigenvalue weighted by Crippen LogP contribution is -2.55. The van der Waals surface area contributed by atoms with Crippen LogP contribution in [0.1, 0.15) is 20.3 Å². The summed E-state index contributed by atoms with van der Waals surface area (Å²) in [4.78, 5) is 27.4. The number of piperazine rings is 1. The zero-order valence-corrected chi connectivity index (χ0v) is 13.5. The van der Waals surface area contributed by atoms with E-state index in [0.717, 1.165) is 19.6 Å². The minimum Gasteiger partial charge on any atom is -0.481 e. The molecule has 1 saturated heterocycles. The first kappa shape index (κ1) is 17.7. The van der Waals surface area contributed by atoms with Gasteiger partial charge >= 0.3 is 12.0 Å².